The summed E-state index contributed by atoms with van der Waals surface area (Å²) in [6, 6.07) is 11.8. The number of carbonyl (C=O) groups is 1. The molecule has 1 aliphatic rings. The Morgan fingerprint density at radius 3 is 1.79 bits per heavy atom. The zero-order valence-corrected chi connectivity index (χ0v) is 17.9. The fourth-order valence-electron chi connectivity index (χ4n) is 3.05. The summed E-state index contributed by atoms with van der Waals surface area (Å²) in [5.74, 6) is -0.760. The summed E-state index contributed by atoms with van der Waals surface area (Å²) in [6.45, 7) is -0.177. The van der Waals surface area contributed by atoms with Gasteiger partial charge < -0.3 is 4.74 Å². The van der Waals surface area contributed by atoms with Crippen LogP contribution in [-0.4, -0.2) is 64.7 Å². The third kappa shape index (κ3) is 4.17. The first-order chi connectivity index (χ1) is 13.7. The van der Waals surface area contributed by atoms with Crippen LogP contribution in [0.25, 0.3) is 0 Å². The van der Waals surface area contributed by atoms with E-state index >= 15 is 0 Å². The van der Waals surface area contributed by atoms with Crippen molar-refractivity contribution in [3.8, 4) is 0 Å². The average molecular weight is 459 g/mol. The van der Waals surface area contributed by atoms with E-state index in [0.29, 0.717) is 0 Å². The summed E-state index contributed by atoms with van der Waals surface area (Å²) in [7, 11) is -6.68. The molecule has 11 heteroatoms. The number of carbonyl (C=O) groups excluding carboxylic acids is 1. The lowest BCUT2D eigenvalue weighted by Crippen LogP contribution is -2.50. The maximum atomic E-state index is 13.0. The van der Waals surface area contributed by atoms with Crippen LogP contribution in [0, 0.1) is 0 Å². The Balaban J connectivity index is 1.83. The predicted molar refractivity (Wildman–Crippen MR) is 107 cm³/mol. The number of ether oxygens (including phenoxy) is 1. The molecule has 1 aliphatic heterocycles. The van der Waals surface area contributed by atoms with Crippen LogP contribution >= 0.6 is 11.6 Å². The van der Waals surface area contributed by atoms with Crippen LogP contribution in [0.4, 0.5) is 0 Å². The molecule has 0 unspecified atom stereocenters. The summed E-state index contributed by atoms with van der Waals surface area (Å²) < 4.78 is 58.8. The van der Waals surface area contributed by atoms with Crippen molar-refractivity contribution in [2.24, 2.45) is 0 Å². The van der Waals surface area contributed by atoms with Crippen molar-refractivity contribution in [2.45, 2.75) is 9.79 Å². The molecule has 1 fully saturated rings. The molecule has 0 bridgehead atoms. The Hall–Kier alpha value is -1.98. The molecule has 0 spiro atoms. The summed E-state index contributed by atoms with van der Waals surface area (Å²) in [5, 5.41) is 0.106. The topological polar surface area (TPSA) is 101 Å². The van der Waals surface area contributed by atoms with Crippen molar-refractivity contribution >= 4 is 37.6 Å². The minimum atomic E-state index is -4.00. The molecule has 0 N–H and O–H groups in total. The van der Waals surface area contributed by atoms with Crippen LogP contribution in [0.2, 0.25) is 5.02 Å². The van der Waals surface area contributed by atoms with Crippen LogP contribution in [-0.2, 0) is 24.8 Å². The number of halogens is 1. The maximum absolute atomic E-state index is 13.0. The van der Waals surface area contributed by atoms with Gasteiger partial charge >= 0.3 is 5.97 Å². The van der Waals surface area contributed by atoms with E-state index in [0.717, 1.165) is 4.31 Å². The van der Waals surface area contributed by atoms with E-state index in [1.165, 1.54) is 41.7 Å². The van der Waals surface area contributed by atoms with Crippen LogP contribution in [0.1, 0.15) is 10.4 Å². The lowest BCUT2D eigenvalue weighted by atomic mass is 10.2. The second-order valence-corrected chi connectivity index (χ2v) is 10.4. The first-order valence-electron chi connectivity index (χ1n) is 8.62. The van der Waals surface area contributed by atoms with E-state index in [1.807, 2.05) is 0 Å². The SMILES string of the molecule is COC(=O)c1ccccc1S(=O)(=O)N1CCN(S(=O)(=O)c2ccccc2Cl)CC1. The summed E-state index contributed by atoms with van der Waals surface area (Å²) >= 11 is 6.01. The molecule has 0 aliphatic carbocycles. The number of benzene rings is 2. The van der Waals surface area contributed by atoms with Crippen LogP contribution in [0.15, 0.2) is 58.3 Å². The standard InChI is InChI=1S/C18H19ClN2O6S2/c1-27-18(22)14-6-2-4-8-16(14)28(23,24)20-10-12-21(13-11-20)29(25,26)17-9-5-3-7-15(17)19/h2-9H,10-13H2,1H3. The molecule has 2 aromatic rings. The van der Waals surface area contributed by atoms with Gasteiger partial charge in [-0.3, -0.25) is 0 Å². The molecular formula is C18H19ClN2O6S2. The Bertz CT molecular complexity index is 1130. The fraction of sp³-hybridized carbons (Fsp3) is 0.278. The number of rotatable bonds is 5. The van der Waals surface area contributed by atoms with Crippen molar-refractivity contribution < 1.29 is 26.4 Å². The highest BCUT2D eigenvalue weighted by Gasteiger charge is 2.36. The molecule has 29 heavy (non-hydrogen) atoms. The van der Waals surface area contributed by atoms with Gasteiger partial charge in [-0.05, 0) is 24.3 Å². The molecule has 3 rings (SSSR count). The van der Waals surface area contributed by atoms with Gasteiger partial charge in [0, 0.05) is 26.2 Å². The number of hydrogen-bond acceptors (Lipinski definition) is 6. The molecule has 0 amide bonds. The maximum Gasteiger partial charge on any atom is 0.339 e. The first kappa shape index (κ1) is 21.7. The summed E-state index contributed by atoms with van der Waals surface area (Å²) in [4.78, 5) is 11.7. The van der Waals surface area contributed by atoms with Gasteiger partial charge in [0.05, 0.1) is 22.6 Å². The molecule has 1 saturated heterocycles. The summed E-state index contributed by atoms with van der Waals surface area (Å²) in [6.07, 6.45) is 0. The zero-order valence-electron chi connectivity index (χ0n) is 15.5. The summed E-state index contributed by atoms with van der Waals surface area (Å²) in [5.41, 5.74) is -0.0684. The Kier molecular flexibility index (Phi) is 6.30. The normalized spacial score (nSPS) is 16.5. The molecule has 0 saturated carbocycles. The van der Waals surface area contributed by atoms with Crippen molar-refractivity contribution in [1.82, 2.24) is 8.61 Å². The van der Waals surface area contributed by atoms with E-state index in [4.69, 9.17) is 11.6 Å². The van der Waals surface area contributed by atoms with E-state index in [-0.39, 0.29) is 46.6 Å². The molecule has 156 valence electrons. The van der Waals surface area contributed by atoms with Crippen LogP contribution in [0.5, 0.6) is 0 Å². The molecule has 8 nitrogen and oxygen atoms in total. The number of esters is 1. The third-order valence-electron chi connectivity index (χ3n) is 4.56. The van der Waals surface area contributed by atoms with E-state index < -0.39 is 26.0 Å². The largest absolute Gasteiger partial charge is 0.465 e. The minimum absolute atomic E-state index is 0.0194. The predicted octanol–water partition coefficient (Wildman–Crippen LogP) is 1.82. The molecular weight excluding hydrogens is 440 g/mol. The zero-order chi connectivity index (χ0) is 21.2. The smallest absolute Gasteiger partial charge is 0.339 e. The van der Waals surface area contributed by atoms with Crippen LogP contribution < -0.4 is 0 Å². The van der Waals surface area contributed by atoms with Crippen molar-refractivity contribution in [1.29, 1.82) is 0 Å². The average Bonchev–Trinajstić information content (AvgIpc) is 2.73. The third-order valence-corrected chi connectivity index (χ3v) is 8.92. The van der Waals surface area contributed by atoms with Gasteiger partial charge in [-0.25, -0.2) is 21.6 Å². The monoisotopic (exact) mass is 458 g/mol. The quantitative estimate of drug-likeness (QED) is 0.633. The Morgan fingerprint density at radius 1 is 0.828 bits per heavy atom. The number of piperazine rings is 1. The molecule has 1 heterocycles. The molecule has 2 aromatic carbocycles. The van der Waals surface area contributed by atoms with Gasteiger partial charge in [-0.2, -0.15) is 8.61 Å². The highest BCUT2D eigenvalue weighted by molar-refractivity contribution is 7.89. The van der Waals surface area contributed by atoms with Gasteiger partial charge in [0.15, 0.2) is 0 Å². The number of sulfonamides is 2. The Labute approximate surface area is 174 Å². The highest BCUT2D eigenvalue weighted by atomic mass is 35.5. The van der Waals surface area contributed by atoms with Gasteiger partial charge in [0.2, 0.25) is 20.0 Å². The molecule has 0 radical (unpaired) electrons. The van der Waals surface area contributed by atoms with E-state index in [1.54, 1.807) is 18.2 Å². The van der Waals surface area contributed by atoms with Crippen molar-refractivity contribution in [3.63, 3.8) is 0 Å². The van der Waals surface area contributed by atoms with Crippen molar-refractivity contribution in [2.75, 3.05) is 33.3 Å². The minimum Gasteiger partial charge on any atom is -0.465 e. The highest BCUT2D eigenvalue weighted by Crippen LogP contribution is 2.27. The van der Waals surface area contributed by atoms with Gasteiger partial charge in [-0.1, -0.05) is 35.9 Å². The lowest BCUT2D eigenvalue weighted by molar-refractivity contribution is 0.0596. The van der Waals surface area contributed by atoms with E-state index in [9.17, 15) is 21.6 Å². The fourth-order valence-corrected chi connectivity index (χ4v) is 6.57. The second-order valence-electron chi connectivity index (χ2n) is 6.23. The van der Waals surface area contributed by atoms with Gasteiger partial charge in [0.1, 0.15) is 4.90 Å². The van der Waals surface area contributed by atoms with Gasteiger partial charge in [-0.15, -0.1) is 0 Å². The van der Waals surface area contributed by atoms with Gasteiger partial charge in [0.25, 0.3) is 0 Å². The van der Waals surface area contributed by atoms with E-state index in [2.05, 4.69) is 4.74 Å². The number of hydrogen-bond donors (Lipinski definition) is 0. The lowest BCUT2D eigenvalue weighted by Gasteiger charge is -2.33. The Morgan fingerprint density at radius 2 is 1.28 bits per heavy atom. The second kappa shape index (κ2) is 8.41. The number of nitrogens with zero attached hydrogens (tertiary/aromatic N) is 2. The first-order valence-corrected chi connectivity index (χ1v) is 11.9. The molecule has 0 atom stereocenters. The molecule has 0 aromatic heterocycles. The van der Waals surface area contributed by atoms with Crippen molar-refractivity contribution in [3.05, 3.63) is 59.1 Å². The number of methoxy groups -OCH3 is 1. The van der Waals surface area contributed by atoms with Crippen LogP contribution in [0.3, 0.4) is 0 Å².